The number of rotatable bonds is 6. The van der Waals surface area contributed by atoms with E-state index in [0.29, 0.717) is 30.5 Å². The number of halogens is 1. The molecule has 6 nitrogen and oxygen atoms in total. The molecule has 144 valence electrons. The van der Waals surface area contributed by atoms with E-state index in [4.69, 9.17) is 11.6 Å². The highest BCUT2D eigenvalue weighted by atomic mass is 35.5. The first-order valence-corrected chi connectivity index (χ1v) is 9.76. The first-order chi connectivity index (χ1) is 13.0. The molecular weight excluding hydrogens is 362 g/mol. The van der Waals surface area contributed by atoms with Gasteiger partial charge in [-0.3, -0.25) is 4.79 Å². The van der Waals surface area contributed by atoms with Crippen molar-refractivity contribution in [3.8, 4) is 0 Å². The highest BCUT2D eigenvalue weighted by Gasteiger charge is 2.23. The Morgan fingerprint density at radius 2 is 1.96 bits per heavy atom. The van der Waals surface area contributed by atoms with Crippen LogP contribution in [-0.4, -0.2) is 53.5 Å². The third-order valence-electron chi connectivity index (χ3n) is 4.65. The third kappa shape index (κ3) is 5.32. The van der Waals surface area contributed by atoms with E-state index in [0.717, 1.165) is 36.8 Å². The largest absolute Gasteiger partial charge is 0.370 e. The summed E-state index contributed by atoms with van der Waals surface area (Å²) < 4.78 is 0. The Labute approximate surface area is 165 Å². The zero-order chi connectivity index (χ0) is 19.2. The zero-order valence-electron chi connectivity index (χ0n) is 15.9. The second-order valence-corrected chi connectivity index (χ2v) is 7.59. The van der Waals surface area contributed by atoms with Crippen molar-refractivity contribution < 1.29 is 4.79 Å². The summed E-state index contributed by atoms with van der Waals surface area (Å²) >= 11 is 6.08. The van der Waals surface area contributed by atoms with Crippen LogP contribution in [-0.2, 0) is 0 Å². The summed E-state index contributed by atoms with van der Waals surface area (Å²) in [5, 5.41) is 3.99. The predicted molar refractivity (Wildman–Crippen MR) is 110 cm³/mol. The van der Waals surface area contributed by atoms with Crippen molar-refractivity contribution in [2.45, 2.75) is 20.3 Å². The number of aromatic nitrogens is 2. The SMILES string of the molecule is CC(C)CCNc1cc(C(=O)N2CCN(c3cccc(Cl)c3)CC2)ncn1. The van der Waals surface area contributed by atoms with Crippen molar-refractivity contribution in [3.63, 3.8) is 0 Å². The van der Waals surface area contributed by atoms with Crippen molar-refractivity contribution in [1.29, 1.82) is 0 Å². The molecule has 0 unspecified atom stereocenters. The smallest absolute Gasteiger partial charge is 0.272 e. The van der Waals surface area contributed by atoms with Gasteiger partial charge in [0.15, 0.2) is 0 Å². The van der Waals surface area contributed by atoms with Gasteiger partial charge in [0.2, 0.25) is 0 Å². The molecule has 0 radical (unpaired) electrons. The summed E-state index contributed by atoms with van der Waals surface area (Å²) in [6, 6.07) is 9.56. The number of benzene rings is 1. The lowest BCUT2D eigenvalue weighted by Gasteiger charge is -2.36. The van der Waals surface area contributed by atoms with Crippen LogP contribution in [0.25, 0.3) is 0 Å². The molecule has 1 fully saturated rings. The maximum absolute atomic E-state index is 12.8. The van der Waals surface area contributed by atoms with Crippen LogP contribution in [0.15, 0.2) is 36.7 Å². The molecule has 0 saturated carbocycles. The number of carbonyl (C=O) groups excluding carboxylic acids is 1. The molecule has 1 aliphatic heterocycles. The van der Waals surface area contributed by atoms with Gasteiger partial charge in [-0.2, -0.15) is 0 Å². The molecule has 1 saturated heterocycles. The van der Waals surface area contributed by atoms with Crippen molar-refractivity contribution in [2.75, 3.05) is 42.9 Å². The fourth-order valence-corrected chi connectivity index (χ4v) is 3.25. The lowest BCUT2D eigenvalue weighted by Crippen LogP contribution is -2.49. The normalized spacial score (nSPS) is 14.5. The summed E-state index contributed by atoms with van der Waals surface area (Å²) in [5.41, 5.74) is 1.53. The second kappa shape index (κ2) is 9.04. The summed E-state index contributed by atoms with van der Waals surface area (Å²) in [4.78, 5) is 25.3. The van der Waals surface area contributed by atoms with E-state index in [1.54, 1.807) is 6.07 Å². The van der Waals surface area contributed by atoms with E-state index in [9.17, 15) is 4.79 Å². The molecule has 0 bridgehead atoms. The molecule has 3 rings (SSSR count). The summed E-state index contributed by atoms with van der Waals surface area (Å²) in [7, 11) is 0. The number of amides is 1. The Balaban J connectivity index is 1.57. The number of hydrogen-bond donors (Lipinski definition) is 1. The molecule has 27 heavy (non-hydrogen) atoms. The number of piperazine rings is 1. The van der Waals surface area contributed by atoms with E-state index in [1.807, 2.05) is 29.2 Å². The molecule has 2 heterocycles. The Kier molecular flexibility index (Phi) is 6.50. The monoisotopic (exact) mass is 387 g/mol. The van der Waals surface area contributed by atoms with Crippen LogP contribution >= 0.6 is 11.6 Å². The van der Waals surface area contributed by atoms with E-state index in [2.05, 4.69) is 34.0 Å². The molecular formula is C20H26ClN5O. The summed E-state index contributed by atoms with van der Waals surface area (Å²) in [6.45, 7) is 8.06. The Morgan fingerprint density at radius 1 is 1.19 bits per heavy atom. The lowest BCUT2D eigenvalue weighted by molar-refractivity contribution is 0.0740. The Hall–Kier alpha value is -2.34. The second-order valence-electron chi connectivity index (χ2n) is 7.16. The van der Waals surface area contributed by atoms with Gasteiger partial charge in [0, 0.05) is 49.5 Å². The molecule has 1 N–H and O–H groups in total. The Morgan fingerprint density at radius 3 is 2.67 bits per heavy atom. The first kappa shape index (κ1) is 19.4. The van der Waals surface area contributed by atoms with E-state index in [1.165, 1.54) is 6.33 Å². The van der Waals surface area contributed by atoms with Crippen LogP contribution in [0, 0.1) is 5.92 Å². The molecule has 2 aromatic rings. The minimum absolute atomic E-state index is 0.0462. The van der Waals surface area contributed by atoms with Gasteiger partial charge in [0.05, 0.1) is 0 Å². The maximum atomic E-state index is 12.8. The fraction of sp³-hybridized carbons (Fsp3) is 0.450. The van der Waals surface area contributed by atoms with Gasteiger partial charge in [-0.1, -0.05) is 31.5 Å². The molecule has 1 aliphatic rings. The van der Waals surface area contributed by atoms with Gasteiger partial charge in [0.25, 0.3) is 5.91 Å². The van der Waals surface area contributed by atoms with Crippen molar-refractivity contribution in [2.24, 2.45) is 5.92 Å². The topological polar surface area (TPSA) is 61.4 Å². The predicted octanol–water partition coefficient (Wildman–Crippen LogP) is 3.55. The minimum atomic E-state index is -0.0462. The fourth-order valence-electron chi connectivity index (χ4n) is 3.06. The number of nitrogens with zero attached hydrogens (tertiary/aromatic N) is 4. The van der Waals surface area contributed by atoms with Crippen molar-refractivity contribution in [3.05, 3.63) is 47.4 Å². The van der Waals surface area contributed by atoms with Gasteiger partial charge >= 0.3 is 0 Å². The Bertz CT molecular complexity index is 774. The number of nitrogens with one attached hydrogen (secondary N) is 1. The van der Waals surface area contributed by atoms with Crippen LogP contribution in [0.5, 0.6) is 0 Å². The molecule has 1 amide bonds. The highest BCUT2D eigenvalue weighted by Crippen LogP contribution is 2.21. The maximum Gasteiger partial charge on any atom is 0.272 e. The molecule has 0 aliphatic carbocycles. The van der Waals surface area contributed by atoms with Crippen LogP contribution in [0.1, 0.15) is 30.8 Å². The van der Waals surface area contributed by atoms with E-state index >= 15 is 0 Å². The number of carbonyl (C=O) groups is 1. The molecule has 0 spiro atoms. The van der Waals surface area contributed by atoms with Gasteiger partial charge in [-0.05, 0) is 30.5 Å². The van der Waals surface area contributed by atoms with Gasteiger partial charge in [-0.15, -0.1) is 0 Å². The van der Waals surface area contributed by atoms with E-state index < -0.39 is 0 Å². The molecule has 0 atom stereocenters. The molecule has 7 heteroatoms. The quantitative estimate of drug-likeness (QED) is 0.821. The van der Waals surface area contributed by atoms with Crippen molar-refractivity contribution >= 4 is 29.0 Å². The van der Waals surface area contributed by atoms with Crippen LogP contribution in [0.3, 0.4) is 0 Å². The summed E-state index contributed by atoms with van der Waals surface area (Å²) in [6.07, 6.45) is 2.51. The average molecular weight is 388 g/mol. The van der Waals surface area contributed by atoms with Crippen LogP contribution < -0.4 is 10.2 Å². The third-order valence-corrected chi connectivity index (χ3v) is 4.89. The standard InChI is InChI=1S/C20H26ClN5O/c1-15(2)6-7-22-19-13-18(23-14-24-19)20(27)26-10-8-25(9-11-26)17-5-3-4-16(21)12-17/h3-5,12-15H,6-11H2,1-2H3,(H,22,23,24). The lowest BCUT2D eigenvalue weighted by atomic mass is 10.1. The number of hydrogen-bond acceptors (Lipinski definition) is 5. The van der Waals surface area contributed by atoms with Crippen molar-refractivity contribution in [1.82, 2.24) is 14.9 Å². The first-order valence-electron chi connectivity index (χ1n) is 9.38. The average Bonchev–Trinajstić information content (AvgIpc) is 2.67. The van der Waals surface area contributed by atoms with Crippen LogP contribution in [0.4, 0.5) is 11.5 Å². The van der Waals surface area contributed by atoms with Gasteiger partial charge in [-0.25, -0.2) is 9.97 Å². The molecule has 1 aromatic carbocycles. The van der Waals surface area contributed by atoms with Crippen LogP contribution in [0.2, 0.25) is 5.02 Å². The zero-order valence-corrected chi connectivity index (χ0v) is 16.6. The highest BCUT2D eigenvalue weighted by molar-refractivity contribution is 6.30. The summed E-state index contributed by atoms with van der Waals surface area (Å²) in [5.74, 6) is 1.28. The van der Waals surface area contributed by atoms with E-state index in [-0.39, 0.29) is 5.91 Å². The minimum Gasteiger partial charge on any atom is -0.370 e. The number of anilines is 2. The molecule has 1 aromatic heterocycles. The van der Waals surface area contributed by atoms with Gasteiger partial charge < -0.3 is 15.1 Å². The van der Waals surface area contributed by atoms with Gasteiger partial charge in [0.1, 0.15) is 17.8 Å².